The molecule has 0 bridgehead atoms. The topological polar surface area (TPSA) is 58.5 Å². The number of hydrogen-bond donors (Lipinski definition) is 1. The van der Waals surface area contributed by atoms with Crippen molar-refractivity contribution in [1.82, 2.24) is 5.43 Å². The summed E-state index contributed by atoms with van der Waals surface area (Å²) in [6.45, 7) is 2.08. The second kappa shape index (κ2) is 7.33. The van der Waals surface area contributed by atoms with E-state index in [1.54, 1.807) is 10.6 Å². The molecule has 19 heavy (non-hydrogen) atoms. The largest absolute Gasteiger partial charge is 1.00 e. The third kappa shape index (κ3) is 4.93. The minimum atomic E-state index is -0.189. The lowest BCUT2D eigenvalue weighted by Crippen LogP contribution is -3.00. The standard InChI is InChI=1S/C13H13N3O2.ClH/c1-11-5-6-12(18-11)9-14-15-13(17)10-16-7-3-2-4-8-16;/h2-9H,10H2,1H3;1H. The maximum Gasteiger partial charge on any atom is 0.305 e. The summed E-state index contributed by atoms with van der Waals surface area (Å²) in [7, 11) is 0. The van der Waals surface area contributed by atoms with Crippen molar-refractivity contribution in [2.75, 3.05) is 0 Å². The van der Waals surface area contributed by atoms with Crippen molar-refractivity contribution in [2.24, 2.45) is 5.10 Å². The van der Waals surface area contributed by atoms with E-state index in [1.807, 2.05) is 43.6 Å². The quantitative estimate of drug-likeness (QED) is 0.401. The Hall–Kier alpha value is -2.14. The number of carbonyl (C=O) groups is 1. The van der Waals surface area contributed by atoms with Gasteiger partial charge in [-0.25, -0.2) is 5.43 Å². The highest BCUT2D eigenvalue weighted by Crippen LogP contribution is 2.02. The lowest BCUT2D eigenvalue weighted by Gasteiger charge is -1.95. The number of halogens is 1. The number of nitrogens with zero attached hydrogens (tertiary/aromatic N) is 2. The van der Waals surface area contributed by atoms with E-state index in [9.17, 15) is 4.79 Å². The van der Waals surface area contributed by atoms with Crippen LogP contribution in [-0.2, 0) is 11.3 Å². The van der Waals surface area contributed by atoms with Crippen molar-refractivity contribution in [3.05, 3.63) is 54.2 Å². The number of amides is 1. The van der Waals surface area contributed by atoms with E-state index in [0.29, 0.717) is 5.76 Å². The van der Waals surface area contributed by atoms with E-state index in [2.05, 4.69) is 10.5 Å². The molecule has 0 radical (unpaired) electrons. The van der Waals surface area contributed by atoms with Crippen molar-refractivity contribution < 1.29 is 26.2 Å². The van der Waals surface area contributed by atoms with Gasteiger partial charge in [-0.05, 0) is 19.1 Å². The summed E-state index contributed by atoms with van der Waals surface area (Å²) in [6.07, 6.45) is 5.11. The molecular formula is C13H14ClN3O2. The smallest absolute Gasteiger partial charge is 0.305 e. The SMILES string of the molecule is Cc1ccc(C=NNC(=O)C[n+]2ccccc2)o1.[Cl-]. The number of aromatic nitrogens is 1. The van der Waals surface area contributed by atoms with Gasteiger partial charge in [-0.3, -0.25) is 4.79 Å². The van der Waals surface area contributed by atoms with Crippen LogP contribution in [0.3, 0.4) is 0 Å². The van der Waals surface area contributed by atoms with Crippen LogP contribution in [0.15, 0.2) is 52.2 Å². The first kappa shape index (κ1) is 14.9. The molecule has 5 nitrogen and oxygen atoms in total. The Labute approximate surface area is 117 Å². The Bertz CT molecular complexity index is 552. The van der Waals surface area contributed by atoms with Crippen LogP contribution in [0.1, 0.15) is 11.5 Å². The number of hydrogen-bond acceptors (Lipinski definition) is 3. The minimum absolute atomic E-state index is 0. The van der Waals surface area contributed by atoms with Crippen LogP contribution in [0.4, 0.5) is 0 Å². The van der Waals surface area contributed by atoms with Crippen LogP contribution >= 0.6 is 0 Å². The van der Waals surface area contributed by atoms with Crippen LogP contribution in [0.2, 0.25) is 0 Å². The van der Waals surface area contributed by atoms with Crippen LogP contribution in [0.5, 0.6) is 0 Å². The summed E-state index contributed by atoms with van der Waals surface area (Å²) in [5, 5.41) is 3.82. The zero-order valence-corrected chi connectivity index (χ0v) is 11.2. The number of carbonyl (C=O) groups excluding carboxylic acids is 1. The molecule has 0 aromatic carbocycles. The van der Waals surface area contributed by atoms with Crippen LogP contribution in [0, 0.1) is 6.92 Å². The average molecular weight is 280 g/mol. The first-order chi connectivity index (χ1) is 8.74. The van der Waals surface area contributed by atoms with Crippen LogP contribution in [0.25, 0.3) is 0 Å². The van der Waals surface area contributed by atoms with Gasteiger partial charge in [0, 0.05) is 12.1 Å². The zero-order chi connectivity index (χ0) is 12.8. The second-order valence-corrected chi connectivity index (χ2v) is 3.79. The monoisotopic (exact) mass is 279 g/mol. The van der Waals surface area contributed by atoms with Crippen molar-refractivity contribution in [3.8, 4) is 0 Å². The second-order valence-electron chi connectivity index (χ2n) is 3.79. The first-order valence-corrected chi connectivity index (χ1v) is 5.56. The molecule has 0 fully saturated rings. The Morgan fingerprint density at radius 1 is 1.37 bits per heavy atom. The van der Waals surface area contributed by atoms with Crippen molar-refractivity contribution >= 4 is 12.1 Å². The van der Waals surface area contributed by atoms with Gasteiger partial charge in [-0.1, -0.05) is 6.07 Å². The third-order valence-corrected chi connectivity index (χ3v) is 2.25. The average Bonchev–Trinajstić information content (AvgIpc) is 2.76. The zero-order valence-electron chi connectivity index (χ0n) is 10.4. The fourth-order valence-corrected chi connectivity index (χ4v) is 1.43. The van der Waals surface area contributed by atoms with Gasteiger partial charge < -0.3 is 16.8 Å². The molecule has 0 unspecified atom stereocenters. The van der Waals surface area contributed by atoms with E-state index in [-0.39, 0.29) is 24.9 Å². The molecular weight excluding hydrogens is 266 g/mol. The molecule has 0 spiro atoms. The number of rotatable bonds is 4. The maximum absolute atomic E-state index is 11.5. The van der Waals surface area contributed by atoms with Crippen LogP contribution in [-0.4, -0.2) is 12.1 Å². The predicted molar refractivity (Wildman–Crippen MR) is 65.8 cm³/mol. The molecule has 0 aliphatic rings. The van der Waals surface area contributed by atoms with Gasteiger partial charge in [0.1, 0.15) is 11.5 Å². The van der Waals surface area contributed by atoms with E-state index in [1.165, 1.54) is 6.21 Å². The van der Waals surface area contributed by atoms with E-state index < -0.39 is 0 Å². The fourth-order valence-electron chi connectivity index (χ4n) is 1.43. The third-order valence-electron chi connectivity index (χ3n) is 2.25. The van der Waals surface area contributed by atoms with E-state index in [4.69, 9.17) is 4.42 Å². The van der Waals surface area contributed by atoms with Gasteiger partial charge in [0.05, 0.1) is 6.21 Å². The molecule has 2 heterocycles. The molecule has 6 heteroatoms. The number of pyridine rings is 1. The van der Waals surface area contributed by atoms with Gasteiger partial charge in [-0.15, -0.1) is 0 Å². The van der Waals surface area contributed by atoms with Gasteiger partial charge in [0.15, 0.2) is 12.4 Å². The van der Waals surface area contributed by atoms with Gasteiger partial charge in [0.2, 0.25) is 6.54 Å². The summed E-state index contributed by atoms with van der Waals surface area (Å²) in [5.41, 5.74) is 2.44. The van der Waals surface area contributed by atoms with Gasteiger partial charge >= 0.3 is 5.91 Å². The van der Waals surface area contributed by atoms with Crippen LogP contribution < -0.4 is 22.4 Å². The summed E-state index contributed by atoms with van der Waals surface area (Å²) in [5.74, 6) is 1.23. The number of furan rings is 1. The van der Waals surface area contributed by atoms with Crippen molar-refractivity contribution in [2.45, 2.75) is 13.5 Å². The number of aryl methyl sites for hydroxylation is 1. The number of nitrogens with one attached hydrogen (secondary N) is 1. The summed E-state index contributed by atoms with van der Waals surface area (Å²) < 4.78 is 7.04. The van der Waals surface area contributed by atoms with E-state index in [0.717, 1.165) is 5.76 Å². The number of hydrazone groups is 1. The lowest BCUT2D eigenvalue weighted by atomic mass is 10.4. The lowest BCUT2D eigenvalue weighted by molar-refractivity contribution is -0.684. The molecule has 100 valence electrons. The summed E-state index contributed by atoms with van der Waals surface area (Å²) in [4.78, 5) is 11.5. The highest BCUT2D eigenvalue weighted by atomic mass is 35.5. The highest BCUT2D eigenvalue weighted by Gasteiger charge is 2.06. The molecule has 2 rings (SSSR count). The molecule has 2 aromatic rings. The molecule has 2 aromatic heterocycles. The Kier molecular flexibility index (Phi) is 5.75. The maximum atomic E-state index is 11.5. The molecule has 0 saturated carbocycles. The fraction of sp³-hybridized carbons (Fsp3) is 0.154. The molecule has 0 aliphatic heterocycles. The molecule has 1 amide bonds. The summed E-state index contributed by atoms with van der Waals surface area (Å²) >= 11 is 0. The van der Waals surface area contributed by atoms with Gasteiger partial charge in [-0.2, -0.15) is 9.67 Å². The van der Waals surface area contributed by atoms with Gasteiger partial charge in [0.25, 0.3) is 0 Å². The normalized spacial score (nSPS) is 10.2. The first-order valence-electron chi connectivity index (χ1n) is 5.56. The molecule has 1 N–H and O–H groups in total. The highest BCUT2D eigenvalue weighted by molar-refractivity contribution is 5.79. The predicted octanol–water partition coefficient (Wildman–Crippen LogP) is -1.97. The van der Waals surface area contributed by atoms with E-state index >= 15 is 0 Å². The molecule has 0 saturated heterocycles. The Balaban J connectivity index is 0.00000180. The van der Waals surface area contributed by atoms with Crippen molar-refractivity contribution in [1.29, 1.82) is 0 Å². The Morgan fingerprint density at radius 3 is 2.74 bits per heavy atom. The molecule has 0 aliphatic carbocycles. The molecule has 0 atom stereocenters. The minimum Gasteiger partial charge on any atom is -1.00 e. The van der Waals surface area contributed by atoms with Crippen molar-refractivity contribution in [3.63, 3.8) is 0 Å². The summed E-state index contributed by atoms with van der Waals surface area (Å²) in [6, 6.07) is 9.25. The Morgan fingerprint density at radius 2 is 2.11 bits per heavy atom.